The number of hydrogen-bond acceptors (Lipinski definition) is 6. The zero-order valence-corrected chi connectivity index (χ0v) is 10.9. The molecule has 5 N–H and O–H groups in total. The highest BCUT2D eigenvalue weighted by atomic mass is 16.6. The third-order valence-electron chi connectivity index (χ3n) is 3.75. The molecular formula is C13H14N4O4. The van der Waals surface area contributed by atoms with E-state index in [9.17, 15) is 15.3 Å². The van der Waals surface area contributed by atoms with Crippen LogP contribution in [0.15, 0.2) is 24.4 Å². The fourth-order valence-electron chi connectivity index (χ4n) is 2.56. The maximum absolute atomic E-state index is 10.2. The van der Waals surface area contributed by atoms with E-state index in [2.05, 4.69) is 9.94 Å². The number of hydrogen-bond donors (Lipinski definition) is 4. The molecule has 0 amide bonds. The van der Waals surface area contributed by atoms with Crippen molar-refractivity contribution in [1.29, 1.82) is 0 Å². The van der Waals surface area contributed by atoms with Gasteiger partial charge >= 0.3 is 5.72 Å². The van der Waals surface area contributed by atoms with Gasteiger partial charge in [-0.2, -0.15) is 5.10 Å². The lowest BCUT2D eigenvalue weighted by molar-refractivity contribution is -0.0819. The average Bonchev–Trinajstić information content (AvgIpc) is 3.02. The van der Waals surface area contributed by atoms with E-state index in [1.54, 1.807) is 18.2 Å². The quantitative estimate of drug-likeness (QED) is 0.544. The number of rotatable bonds is 2. The van der Waals surface area contributed by atoms with Gasteiger partial charge in [-0.25, -0.2) is 11.1 Å². The molecule has 3 heterocycles. The normalized spacial score (nSPS) is 32.4. The highest BCUT2D eigenvalue weighted by Crippen LogP contribution is 2.41. The molecular weight excluding hydrogens is 276 g/mol. The predicted octanol–water partition coefficient (Wildman–Crippen LogP) is -0.683. The van der Waals surface area contributed by atoms with Crippen molar-refractivity contribution < 1.29 is 20.1 Å². The maximum Gasteiger partial charge on any atom is 0.389 e. The lowest BCUT2D eigenvalue weighted by Crippen LogP contribution is -2.43. The van der Waals surface area contributed by atoms with Crippen LogP contribution in [0.2, 0.25) is 0 Å². The molecule has 0 bridgehead atoms. The number of nitrogen functional groups attached to an aromatic ring is 1. The molecule has 110 valence electrons. The zero-order valence-electron chi connectivity index (χ0n) is 10.9. The van der Waals surface area contributed by atoms with Crippen LogP contribution in [0.1, 0.15) is 11.8 Å². The van der Waals surface area contributed by atoms with Crippen LogP contribution in [0, 0.1) is 6.57 Å². The number of nitrogens with two attached hydrogens (primary N) is 1. The van der Waals surface area contributed by atoms with E-state index >= 15 is 0 Å². The van der Waals surface area contributed by atoms with Crippen LogP contribution < -0.4 is 5.73 Å². The molecule has 8 heteroatoms. The number of nitrogens with zero attached hydrogens (tertiary/aromatic N) is 3. The van der Waals surface area contributed by atoms with E-state index in [1.807, 2.05) is 0 Å². The molecule has 1 saturated heterocycles. The van der Waals surface area contributed by atoms with Crippen LogP contribution >= 0.6 is 0 Å². The largest absolute Gasteiger partial charge is 0.397 e. The van der Waals surface area contributed by atoms with Gasteiger partial charge in [0.15, 0.2) is 12.7 Å². The lowest BCUT2D eigenvalue weighted by atomic mass is 10.0. The summed E-state index contributed by atoms with van der Waals surface area (Å²) in [5.74, 6) is 0. The molecule has 3 rings (SSSR count). The Bertz CT molecular complexity index is 725. The Labute approximate surface area is 119 Å². The van der Waals surface area contributed by atoms with E-state index in [4.69, 9.17) is 17.0 Å². The Morgan fingerprint density at radius 3 is 2.81 bits per heavy atom. The predicted molar refractivity (Wildman–Crippen MR) is 71.9 cm³/mol. The first kappa shape index (κ1) is 13.8. The molecule has 2 aromatic rings. The summed E-state index contributed by atoms with van der Waals surface area (Å²) in [7, 11) is 0. The van der Waals surface area contributed by atoms with E-state index < -0.39 is 30.6 Å². The number of anilines is 1. The molecule has 0 saturated carbocycles. The van der Waals surface area contributed by atoms with Gasteiger partial charge in [-0.05, 0) is 18.2 Å². The summed E-state index contributed by atoms with van der Waals surface area (Å²) in [6.07, 6.45) is -2.36. The van der Waals surface area contributed by atoms with Gasteiger partial charge in [0, 0.05) is 6.20 Å². The van der Waals surface area contributed by atoms with E-state index in [0.29, 0.717) is 16.9 Å². The molecule has 2 aromatic heterocycles. The Hall–Kier alpha value is -2.18. The molecule has 0 aromatic carbocycles. The van der Waals surface area contributed by atoms with Crippen LogP contribution in [-0.2, 0) is 4.74 Å². The molecule has 4 atom stereocenters. The van der Waals surface area contributed by atoms with Crippen molar-refractivity contribution in [2.75, 3.05) is 12.3 Å². The molecule has 0 unspecified atom stereocenters. The Morgan fingerprint density at radius 2 is 2.19 bits per heavy atom. The Morgan fingerprint density at radius 1 is 1.43 bits per heavy atom. The van der Waals surface area contributed by atoms with Crippen molar-refractivity contribution in [3.63, 3.8) is 0 Å². The Kier molecular flexibility index (Phi) is 3.07. The molecule has 1 fully saturated rings. The topological polar surface area (TPSA) is 118 Å². The molecule has 0 radical (unpaired) electrons. The van der Waals surface area contributed by atoms with Crippen molar-refractivity contribution in [3.8, 4) is 0 Å². The van der Waals surface area contributed by atoms with Gasteiger partial charge in [-0.3, -0.25) is 9.58 Å². The standard InChI is InChI=1S/C13H14N4O4/c1-15-13(6-18)12(20)10(19)11(21-13)9-3-2-8-7(14)4-5-16-17(8)9/h2-5,10-12,18-20H,6,14H2/t10-,11-,12-,13+/m0/s1. The summed E-state index contributed by atoms with van der Waals surface area (Å²) in [4.78, 5) is 3.14. The Balaban J connectivity index is 2.08. The summed E-state index contributed by atoms with van der Waals surface area (Å²) >= 11 is 0. The fourth-order valence-corrected chi connectivity index (χ4v) is 2.56. The average molecular weight is 290 g/mol. The molecule has 21 heavy (non-hydrogen) atoms. The molecule has 1 aliphatic heterocycles. The van der Waals surface area contributed by atoms with Gasteiger partial charge in [0.05, 0.1) is 16.9 Å². The van der Waals surface area contributed by atoms with Crippen LogP contribution in [0.3, 0.4) is 0 Å². The minimum Gasteiger partial charge on any atom is -0.397 e. The molecule has 0 spiro atoms. The molecule has 1 aliphatic rings. The van der Waals surface area contributed by atoms with Crippen molar-refractivity contribution in [1.82, 2.24) is 9.61 Å². The van der Waals surface area contributed by atoms with Gasteiger partial charge in [0.1, 0.15) is 12.2 Å². The maximum atomic E-state index is 10.2. The van der Waals surface area contributed by atoms with E-state index in [1.165, 1.54) is 10.7 Å². The monoisotopic (exact) mass is 290 g/mol. The second-order valence-electron chi connectivity index (χ2n) is 4.93. The van der Waals surface area contributed by atoms with Gasteiger partial charge in [0.2, 0.25) is 0 Å². The summed E-state index contributed by atoms with van der Waals surface area (Å²) in [6, 6.07) is 4.99. The number of aromatic nitrogens is 2. The summed E-state index contributed by atoms with van der Waals surface area (Å²) < 4.78 is 6.94. The van der Waals surface area contributed by atoms with E-state index in [0.717, 1.165) is 0 Å². The van der Waals surface area contributed by atoms with Crippen molar-refractivity contribution in [3.05, 3.63) is 41.5 Å². The van der Waals surface area contributed by atoms with Gasteiger partial charge in [-0.15, -0.1) is 0 Å². The highest BCUT2D eigenvalue weighted by molar-refractivity contribution is 5.69. The number of ether oxygens (including phenoxy) is 1. The second kappa shape index (κ2) is 4.68. The number of fused-ring (bicyclic) bond motifs is 1. The van der Waals surface area contributed by atoms with Gasteiger partial charge in [0.25, 0.3) is 0 Å². The first-order chi connectivity index (χ1) is 10.0. The zero-order chi connectivity index (χ0) is 15.2. The molecule has 8 nitrogen and oxygen atoms in total. The summed E-state index contributed by atoms with van der Waals surface area (Å²) in [5, 5.41) is 33.6. The highest BCUT2D eigenvalue weighted by Gasteiger charge is 2.61. The minimum atomic E-state index is -1.87. The third kappa shape index (κ3) is 1.80. The van der Waals surface area contributed by atoms with E-state index in [-0.39, 0.29) is 0 Å². The van der Waals surface area contributed by atoms with Crippen LogP contribution in [0.25, 0.3) is 10.4 Å². The van der Waals surface area contributed by atoms with Crippen LogP contribution in [0.4, 0.5) is 5.69 Å². The van der Waals surface area contributed by atoms with Crippen molar-refractivity contribution >= 4 is 11.2 Å². The van der Waals surface area contributed by atoms with Crippen molar-refractivity contribution in [2.24, 2.45) is 0 Å². The van der Waals surface area contributed by atoms with Crippen LogP contribution in [0.5, 0.6) is 0 Å². The SMILES string of the molecule is [C-]#[N+][C@]1(CO)O[C@@H](c2ccc3c(N)ccnn23)[C@H](O)[C@@H]1O. The third-order valence-corrected chi connectivity index (χ3v) is 3.75. The summed E-state index contributed by atoms with van der Waals surface area (Å²) in [6.45, 7) is 6.39. The van der Waals surface area contributed by atoms with Gasteiger partial charge in [-0.1, -0.05) is 0 Å². The first-order valence-corrected chi connectivity index (χ1v) is 6.29. The van der Waals surface area contributed by atoms with Gasteiger partial charge < -0.3 is 21.1 Å². The smallest absolute Gasteiger partial charge is 0.389 e. The number of aliphatic hydroxyl groups is 3. The first-order valence-electron chi connectivity index (χ1n) is 6.29. The molecule has 0 aliphatic carbocycles. The second-order valence-corrected chi connectivity index (χ2v) is 4.93. The lowest BCUT2D eigenvalue weighted by Gasteiger charge is -2.16. The number of aliphatic hydroxyl groups excluding tert-OH is 3. The minimum absolute atomic E-state index is 0.447. The van der Waals surface area contributed by atoms with Crippen LogP contribution in [-0.4, -0.2) is 49.5 Å². The van der Waals surface area contributed by atoms with Crippen molar-refractivity contribution in [2.45, 2.75) is 24.0 Å². The fraction of sp³-hybridized carbons (Fsp3) is 0.385. The summed E-state index contributed by atoms with van der Waals surface area (Å²) in [5.41, 5.74) is 5.54.